The van der Waals surface area contributed by atoms with Gasteiger partial charge in [-0.25, -0.2) is 0 Å². The molecule has 2 atom stereocenters. The minimum Gasteiger partial charge on any atom is -0.508 e. The number of benzene rings is 2. The fourth-order valence-electron chi connectivity index (χ4n) is 3.47. The van der Waals surface area contributed by atoms with Gasteiger partial charge in [0.05, 0.1) is 0 Å². The predicted molar refractivity (Wildman–Crippen MR) is 80.3 cm³/mol. The highest BCUT2D eigenvalue weighted by molar-refractivity contribution is 5.45. The summed E-state index contributed by atoms with van der Waals surface area (Å²) in [5.41, 5.74) is 3.92. The molecule has 2 nitrogen and oxygen atoms in total. The summed E-state index contributed by atoms with van der Waals surface area (Å²) in [5.74, 6) is 1.63. The van der Waals surface area contributed by atoms with Gasteiger partial charge in [-0.1, -0.05) is 31.5 Å². The molecular formula is C18H20O2. The minimum atomic E-state index is 0.314. The number of rotatable bonds is 3. The van der Waals surface area contributed by atoms with Crippen molar-refractivity contribution in [2.45, 2.75) is 38.0 Å². The quantitative estimate of drug-likeness (QED) is 0.870. The van der Waals surface area contributed by atoms with Crippen LogP contribution in [-0.4, -0.2) is 10.2 Å². The van der Waals surface area contributed by atoms with Gasteiger partial charge in [0.2, 0.25) is 0 Å². The van der Waals surface area contributed by atoms with E-state index >= 15 is 0 Å². The number of fused-ring (bicyclic) bond motifs is 1. The van der Waals surface area contributed by atoms with E-state index < -0.39 is 0 Å². The molecule has 0 bridgehead atoms. The maximum absolute atomic E-state index is 9.67. The Morgan fingerprint density at radius 1 is 1.00 bits per heavy atom. The monoisotopic (exact) mass is 268 g/mol. The molecule has 2 N–H and O–H groups in total. The van der Waals surface area contributed by atoms with Crippen LogP contribution in [0.2, 0.25) is 0 Å². The Morgan fingerprint density at radius 2 is 1.70 bits per heavy atom. The summed E-state index contributed by atoms with van der Waals surface area (Å²) in [6.07, 6.45) is 3.28. The van der Waals surface area contributed by atoms with Crippen molar-refractivity contribution < 1.29 is 10.2 Å². The van der Waals surface area contributed by atoms with Crippen LogP contribution < -0.4 is 0 Å². The van der Waals surface area contributed by atoms with Crippen molar-refractivity contribution in [3.05, 3.63) is 59.2 Å². The zero-order chi connectivity index (χ0) is 14.1. The molecule has 0 radical (unpaired) electrons. The lowest BCUT2D eigenvalue weighted by molar-refractivity contribution is 0.473. The molecule has 0 saturated carbocycles. The van der Waals surface area contributed by atoms with Crippen molar-refractivity contribution in [3.63, 3.8) is 0 Å². The maximum Gasteiger partial charge on any atom is 0.115 e. The van der Waals surface area contributed by atoms with E-state index in [1.54, 1.807) is 18.2 Å². The second-order valence-corrected chi connectivity index (χ2v) is 5.68. The zero-order valence-corrected chi connectivity index (χ0v) is 11.7. The van der Waals surface area contributed by atoms with Crippen LogP contribution in [0.1, 0.15) is 48.3 Å². The summed E-state index contributed by atoms with van der Waals surface area (Å²) >= 11 is 0. The van der Waals surface area contributed by atoms with Crippen LogP contribution >= 0.6 is 0 Å². The van der Waals surface area contributed by atoms with Gasteiger partial charge >= 0.3 is 0 Å². The smallest absolute Gasteiger partial charge is 0.115 e. The maximum atomic E-state index is 9.67. The molecule has 2 aromatic carbocycles. The van der Waals surface area contributed by atoms with Crippen molar-refractivity contribution in [2.75, 3.05) is 0 Å². The molecule has 0 saturated heterocycles. The Balaban J connectivity index is 1.98. The van der Waals surface area contributed by atoms with E-state index in [0.717, 1.165) is 19.3 Å². The van der Waals surface area contributed by atoms with Gasteiger partial charge in [0.25, 0.3) is 0 Å². The predicted octanol–water partition coefficient (Wildman–Crippen LogP) is 4.32. The van der Waals surface area contributed by atoms with Crippen molar-refractivity contribution in [3.8, 4) is 11.5 Å². The largest absolute Gasteiger partial charge is 0.508 e. The van der Waals surface area contributed by atoms with Gasteiger partial charge in [-0.3, -0.25) is 0 Å². The standard InChI is InChI=1S/C18H20O2/c1-2-3-17-16-9-8-15(20)10-13(16)11-18(17)12-4-6-14(19)7-5-12/h4-10,17-20H,2-3,11H2,1H3/t17-,18-/m1/s1. The molecule has 3 rings (SSSR count). The number of phenols is 2. The van der Waals surface area contributed by atoms with Gasteiger partial charge in [0.15, 0.2) is 0 Å². The molecule has 0 unspecified atom stereocenters. The third-order valence-electron chi connectivity index (χ3n) is 4.37. The topological polar surface area (TPSA) is 40.5 Å². The van der Waals surface area contributed by atoms with Crippen LogP contribution in [-0.2, 0) is 6.42 Å². The third-order valence-corrected chi connectivity index (χ3v) is 4.37. The highest BCUT2D eigenvalue weighted by Gasteiger charge is 2.32. The lowest BCUT2D eigenvalue weighted by Crippen LogP contribution is -2.06. The molecule has 0 aromatic heterocycles. The highest BCUT2D eigenvalue weighted by atomic mass is 16.3. The van der Waals surface area contributed by atoms with Crippen molar-refractivity contribution >= 4 is 0 Å². The number of hydrogen-bond acceptors (Lipinski definition) is 2. The van der Waals surface area contributed by atoms with Crippen LogP contribution in [0.15, 0.2) is 42.5 Å². The molecule has 1 aliphatic rings. The molecule has 2 heteroatoms. The zero-order valence-electron chi connectivity index (χ0n) is 11.7. The van der Waals surface area contributed by atoms with Gasteiger partial charge in [-0.05, 0) is 65.6 Å². The van der Waals surface area contributed by atoms with E-state index in [2.05, 4.69) is 13.0 Å². The fraction of sp³-hybridized carbons (Fsp3) is 0.333. The first-order valence-corrected chi connectivity index (χ1v) is 7.29. The van der Waals surface area contributed by atoms with E-state index in [0.29, 0.717) is 23.3 Å². The van der Waals surface area contributed by atoms with E-state index in [9.17, 15) is 10.2 Å². The molecular weight excluding hydrogens is 248 g/mol. The van der Waals surface area contributed by atoms with Gasteiger partial charge in [-0.15, -0.1) is 0 Å². The molecule has 0 amide bonds. The van der Waals surface area contributed by atoms with Crippen LogP contribution in [0, 0.1) is 0 Å². The van der Waals surface area contributed by atoms with Crippen LogP contribution in [0.25, 0.3) is 0 Å². The fourth-order valence-corrected chi connectivity index (χ4v) is 3.47. The van der Waals surface area contributed by atoms with Crippen LogP contribution in [0.5, 0.6) is 11.5 Å². The third kappa shape index (κ3) is 2.26. The Morgan fingerprint density at radius 3 is 2.40 bits per heavy atom. The van der Waals surface area contributed by atoms with Gasteiger partial charge in [0, 0.05) is 0 Å². The Bertz CT molecular complexity index is 601. The summed E-state index contributed by atoms with van der Waals surface area (Å²) in [4.78, 5) is 0. The number of hydrogen-bond donors (Lipinski definition) is 2. The van der Waals surface area contributed by atoms with Crippen molar-refractivity contribution in [1.29, 1.82) is 0 Å². The van der Waals surface area contributed by atoms with E-state index in [4.69, 9.17) is 0 Å². The molecule has 20 heavy (non-hydrogen) atoms. The highest BCUT2D eigenvalue weighted by Crippen LogP contribution is 2.47. The molecule has 2 aromatic rings. The van der Waals surface area contributed by atoms with Crippen molar-refractivity contribution in [2.24, 2.45) is 0 Å². The SMILES string of the molecule is CCC[C@@H]1c2ccc(O)cc2C[C@@H]1c1ccc(O)cc1. The average Bonchev–Trinajstić information content (AvgIpc) is 2.78. The second kappa shape index (κ2) is 5.20. The molecule has 0 heterocycles. The summed E-state index contributed by atoms with van der Waals surface area (Å²) < 4.78 is 0. The molecule has 104 valence electrons. The first kappa shape index (κ1) is 13.0. The summed E-state index contributed by atoms with van der Waals surface area (Å²) in [5, 5.41) is 19.1. The van der Waals surface area contributed by atoms with Gasteiger partial charge in [-0.2, -0.15) is 0 Å². The summed E-state index contributed by atoms with van der Waals surface area (Å²) in [6.45, 7) is 2.21. The first-order valence-electron chi connectivity index (χ1n) is 7.29. The van der Waals surface area contributed by atoms with E-state index in [-0.39, 0.29) is 0 Å². The lowest BCUT2D eigenvalue weighted by Gasteiger charge is -2.20. The van der Waals surface area contributed by atoms with Crippen molar-refractivity contribution in [1.82, 2.24) is 0 Å². The number of aromatic hydroxyl groups is 2. The van der Waals surface area contributed by atoms with Gasteiger partial charge < -0.3 is 10.2 Å². The first-order chi connectivity index (χ1) is 9.69. The minimum absolute atomic E-state index is 0.314. The number of phenolic OH excluding ortho intramolecular Hbond substituents is 2. The average molecular weight is 268 g/mol. The van der Waals surface area contributed by atoms with E-state index in [1.807, 2.05) is 18.2 Å². The molecule has 0 spiro atoms. The second-order valence-electron chi connectivity index (χ2n) is 5.68. The Labute approximate surface area is 119 Å². The molecule has 0 fully saturated rings. The molecule has 0 aliphatic heterocycles. The summed E-state index contributed by atoms with van der Waals surface area (Å²) in [7, 11) is 0. The van der Waals surface area contributed by atoms with E-state index in [1.165, 1.54) is 16.7 Å². The Kier molecular flexibility index (Phi) is 3.39. The normalized spacial score (nSPS) is 20.9. The van der Waals surface area contributed by atoms with Crippen LogP contribution in [0.4, 0.5) is 0 Å². The van der Waals surface area contributed by atoms with Gasteiger partial charge in [0.1, 0.15) is 11.5 Å². The van der Waals surface area contributed by atoms with Crippen LogP contribution in [0.3, 0.4) is 0 Å². The lowest BCUT2D eigenvalue weighted by atomic mass is 9.84. The summed E-state index contributed by atoms with van der Waals surface area (Å²) in [6, 6.07) is 13.3. The Hall–Kier alpha value is -1.96. The molecule has 1 aliphatic carbocycles.